The lowest BCUT2D eigenvalue weighted by Gasteiger charge is -2.17. The maximum atomic E-state index is 11.7. The summed E-state index contributed by atoms with van der Waals surface area (Å²) in [5, 5.41) is 11.7. The highest BCUT2D eigenvalue weighted by Crippen LogP contribution is 2.09. The summed E-state index contributed by atoms with van der Waals surface area (Å²) in [5.41, 5.74) is 0. The van der Waals surface area contributed by atoms with Crippen molar-refractivity contribution in [3.05, 3.63) is 0 Å². The molecule has 0 aromatic rings. The highest BCUT2D eigenvalue weighted by atomic mass is 16.1. The fourth-order valence-electron chi connectivity index (χ4n) is 1.56. The molecule has 0 radical (unpaired) electrons. The second-order valence-corrected chi connectivity index (χ2v) is 4.33. The van der Waals surface area contributed by atoms with Gasteiger partial charge in [-0.25, -0.2) is 0 Å². The Balaban J connectivity index is 4.18. The van der Waals surface area contributed by atoms with Crippen LogP contribution in [0.2, 0.25) is 0 Å². The van der Waals surface area contributed by atoms with Gasteiger partial charge in [-0.2, -0.15) is 5.26 Å². The zero-order valence-electron chi connectivity index (χ0n) is 10.2. The van der Waals surface area contributed by atoms with Crippen LogP contribution < -0.4 is 5.32 Å². The number of nitriles is 1. The van der Waals surface area contributed by atoms with Crippen LogP contribution in [0.15, 0.2) is 0 Å². The molecule has 0 bridgehead atoms. The third-order valence-electron chi connectivity index (χ3n) is 2.54. The number of amides is 1. The number of nitrogens with one attached hydrogen (secondary N) is 1. The third-order valence-corrected chi connectivity index (χ3v) is 2.54. The van der Waals surface area contributed by atoms with Gasteiger partial charge < -0.3 is 5.32 Å². The van der Waals surface area contributed by atoms with Gasteiger partial charge in [-0.3, -0.25) is 4.79 Å². The third kappa shape index (κ3) is 5.41. The molecule has 1 unspecified atom stereocenters. The van der Waals surface area contributed by atoms with Crippen molar-refractivity contribution >= 4 is 5.91 Å². The van der Waals surface area contributed by atoms with Crippen molar-refractivity contribution in [2.45, 2.75) is 53.0 Å². The Morgan fingerprint density at radius 1 is 1.33 bits per heavy atom. The standard InChI is InChI=1S/C12H22N2O/c1-5-10(6-2)12(15)14-11(8-13)7-9(3)4/h9-11H,5-7H2,1-4H3,(H,14,15). The van der Waals surface area contributed by atoms with Crippen LogP contribution in [0.4, 0.5) is 0 Å². The smallest absolute Gasteiger partial charge is 0.224 e. The van der Waals surface area contributed by atoms with Crippen molar-refractivity contribution < 1.29 is 4.79 Å². The topological polar surface area (TPSA) is 52.9 Å². The number of hydrogen-bond acceptors (Lipinski definition) is 2. The first-order valence-corrected chi connectivity index (χ1v) is 5.75. The number of hydrogen-bond donors (Lipinski definition) is 1. The van der Waals surface area contributed by atoms with Gasteiger partial charge in [-0.1, -0.05) is 27.7 Å². The minimum absolute atomic E-state index is 0.0206. The molecule has 0 aliphatic rings. The predicted molar refractivity (Wildman–Crippen MR) is 61.1 cm³/mol. The maximum absolute atomic E-state index is 11.7. The molecule has 0 fully saturated rings. The molecule has 3 nitrogen and oxygen atoms in total. The SMILES string of the molecule is CCC(CC)C(=O)NC(C#N)CC(C)C. The summed E-state index contributed by atoms with van der Waals surface area (Å²) in [5.74, 6) is 0.497. The minimum Gasteiger partial charge on any atom is -0.340 e. The molecule has 1 N–H and O–H groups in total. The van der Waals surface area contributed by atoms with Crippen LogP contribution in [0.3, 0.4) is 0 Å². The van der Waals surface area contributed by atoms with Crippen LogP contribution in [0, 0.1) is 23.2 Å². The molecular formula is C12H22N2O. The quantitative estimate of drug-likeness (QED) is 0.732. The van der Waals surface area contributed by atoms with E-state index in [4.69, 9.17) is 5.26 Å². The molecule has 0 aromatic heterocycles. The van der Waals surface area contributed by atoms with Crippen molar-refractivity contribution in [3.63, 3.8) is 0 Å². The van der Waals surface area contributed by atoms with Gasteiger partial charge in [0.1, 0.15) is 6.04 Å². The van der Waals surface area contributed by atoms with Gasteiger partial charge in [0.2, 0.25) is 5.91 Å². The largest absolute Gasteiger partial charge is 0.340 e. The first-order valence-electron chi connectivity index (χ1n) is 5.75. The monoisotopic (exact) mass is 210 g/mol. The second-order valence-electron chi connectivity index (χ2n) is 4.33. The summed E-state index contributed by atoms with van der Waals surface area (Å²) in [7, 11) is 0. The van der Waals surface area contributed by atoms with Gasteiger partial charge in [-0.05, 0) is 25.2 Å². The van der Waals surface area contributed by atoms with Crippen LogP contribution in [0.1, 0.15) is 47.0 Å². The lowest BCUT2D eigenvalue weighted by atomic mass is 10.0. The fourth-order valence-corrected chi connectivity index (χ4v) is 1.56. The van der Waals surface area contributed by atoms with E-state index in [-0.39, 0.29) is 17.9 Å². The van der Waals surface area contributed by atoms with Crippen LogP contribution >= 0.6 is 0 Å². The van der Waals surface area contributed by atoms with Crippen LogP contribution in [-0.2, 0) is 4.79 Å². The zero-order valence-corrected chi connectivity index (χ0v) is 10.2. The van der Waals surface area contributed by atoms with E-state index in [2.05, 4.69) is 11.4 Å². The highest BCUT2D eigenvalue weighted by molar-refractivity contribution is 5.79. The number of nitrogens with zero attached hydrogens (tertiary/aromatic N) is 1. The summed E-state index contributed by atoms with van der Waals surface area (Å²) in [6, 6.07) is 1.80. The van der Waals surface area contributed by atoms with Crippen molar-refractivity contribution in [2.75, 3.05) is 0 Å². The molecule has 1 atom stereocenters. The van der Waals surface area contributed by atoms with E-state index in [1.165, 1.54) is 0 Å². The van der Waals surface area contributed by atoms with Gasteiger partial charge in [0.25, 0.3) is 0 Å². The van der Waals surface area contributed by atoms with Crippen molar-refractivity contribution in [1.82, 2.24) is 5.32 Å². The van der Waals surface area contributed by atoms with E-state index in [1.807, 2.05) is 27.7 Å². The van der Waals surface area contributed by atoms with Gasteiger partial charge in [-0.15, -0.1) is 0 Å². The summed E-state index contributed by atoms with van der Waals surface area (Å²) in [4.78, 5) is 11.7. The van der Waals surface area contributed by atoms with Gasteiger partial charge in [0.15, 0.2) is 0 Å². The molecule has 0 heterocycles. The molecule has 0 saturated carbocycles. The Bertz CT molecular complexity index is 226. The minimum atomic E-state index is -0.335. The molecular weight excluding hydrogens is 188 g/mol. The van der Waals surface area contributed by atoms with E-state index in [0.29, 0.717) is 5.92 Å². The lowest BCUT2D eigenvalue weighted by Crippen LogP contribution is -2.38. The number of rotatable bonds is 6. The van der Waals surface area contributed by atoms with E-state index in [0.717, 1.165) is 19.3 Å². The first kappa shape index (κ1) is 14.0. The molecule has 0 aromatic carbocycles. The molecule has 3 heteroatoms. The van der Waals surface area contributed by atoms with E-state index >= 15 is 0 Å². The Hall–Kier alpha value is -1.04. The molecule has 0 saturated heterocycles. The van der Waals surface area contributed by atoms with Crippen LogP contribution in [0.5, 0.6) is 0 Å². The molecule has 0 spiro atoms. The molecule has 0 aliphatic carbocycles. The van der Waals surface area contributed by atoms with Gasteiger partial charge in [0.05, 0.1) is 6.07 Å². The van der Waals surface area contributed by atoms with E-state index in [9.17, 15) is 4.79 Å². The average molecular weight is 210 g/mol. The lowest BCUT2D eigenvalue weighted by molar-refractivity contribution is -0.125. The van der Waals surface area contributed by atoms with Gasteiger partial charge in [0, 0.05) is 5.92 Å². The fraction of sp³-hybridized carbons (Fsp3) is 0.833. The molecule has 0 rings (SSSR count). The summed E-state index contributed by atoms with van der Waals surface area (Å²) in [6.45, 7) is 8.09. The van der Waals surface area contributed by atoms with Crippen LogP contribution in [0.25, 0.3) is 0 Å². The van der Waals surface area contributed by atoms with Crippen molar-refractivity contribution in [1.29, 1.82) is 5.26 Å². The molecule has 15 heavy (non-hydrogen) atoms. The van der Waals surface area contributed by atoms with Crippen LogP contribution in [-0.4, -0.2) is 11.9 Å². The van der Waals surface area contributed by atoms with Crippen molar-refractivity contribution in [3.8, 4) is 6.07 Å². The highest BCUT2D eigenvalue weighted by Gasteiger charge is 2.18. The van der Waals surface area contributed by atoms with E-state index < -0.39 is 0 Å². The normalized spacial score (nSPS) is 12.6. The average Bonchev–Trinajstić information content (AvgIpc) is 2.17. The Morgan fingerprint density at radius 2 is 1.87 bits per heavy atom. The summed E-state index contributed by atoms with van der Waals surface area (Å²) >= 11 is 0. The second kappa shape index (κ2) is 7.28. The zero-order chi connectivity index (χ0) is 11.8. The first-order chi connectivity index (χ1) is 7.04. The van der Waals surface area contributed by atoms with Gasteiger partial charge >= 0.3 is 0 Å². The number of carbonyl (C=O) groups excluding carboxylic acids is 1. The Morgan fingerprint density at radius 3 is 2.20 bits per heavy atom. The maximum Gasteiger partial charge on any atom is 0.224 e. The Labute approximate surface area is 92.9 Å². The summed E-state index contributed by atoms with van der Waals surface area (Å²) < 4.78 is 0. The molecule has 86 valence electrons. The van der Waals surface area contributed by atoms with E-state index in [1.54, 1.807) is 0 Å². The molecule has 0 aliphatic heterocycles. The predicted octanol–water partition coefficient (Wildman–Crippen LogP) is 2.48. The Kier molecular flexibility index (Phi) is 6.77. The number of carbonyl (C=O) groups is 1. The van der Waals surface area contributed by atoms with Crippen molar-refractivity contribution in [2.24, 2.45) is 11.8 Å². The molecule has 1 amide bonds. The summed E-state index contributed by atoms with van der Waals surface area (Å²) in [6.07, 6.45) is 2.40.